The fraction of sp³-hybridized carbons (Fsp3) is 0.429. The largest absolute Gasteiger partial charge is 0.338 e. The average Bonchev–Trinajstić information content (AvgIpc) is 2.73. The van der Waals surface area contributed by atoms with Crippen LogP contribution in [0.5, 0.6) is 0 Å². The van der Waals surface area contributed by atoms with E-state index in [1.165, 1.54) is 11.8 Å². The van der Waals surface area contributed by atoms with Crippen LogP contribution in [-0.4, -0.2) is 28.2 Å². The van der Waals surface area contributed by atoms with Crippen molar-refractivity contribution in [3.63, 3.8) is 0 Å². The monoisotopic (exact) mass is 331 g/mol. The summed E-state index contributed by atoms with van der Waals surface area (Å²) in [4.78, 5) is 24.7. The van der Waals surface area contributed by atoms with Crippen molar-refractivity contribution in [3.8, 4) is 0 Å². The van der Waals surface area contributed by atoms with Gasteiger partial charge in [-0.1, -0.05) is 47.1 Å². The van der Waals surface area contributed by atoms with E-state index in [1.54, 1.807) is 17.9 Å². The first-order valence-electron chi connectivity index (χ1n) is 6.31. The smallest absolute Gasteiger partial charge is 0.223 e. The number of likely N-dealkylation sites (tertiary alicyclic amines) is 1. The highest BCUT2D eigenvalue weighted by molar-refractivity contribution is 8.13. The van der Waals surface area contributed by atoms with Gasteiger partial charge in [0.05, 0.1) is 10.0 Å². The Bertz CT molecular complexity index is 536. The molecule has 1 aromatic rings. The second-order valence-electron chi connectivity index (χ2n) is 4.86. The Morgan fingerprint density at radius 1 is 1.45 bits per heavy atom. The standard InChI is InChI=1S/C14H15Cl2NO2S/c1-9(18)20-8-10-5-13(19)17(6-10)7-11-3-2-4-12(15)14(11)16/h2-4,10H,5-8H2,1H3. The molecule has 1 unspecified atom stereocenters. The molecule has 1 heterocycles. The Morgan fingerprint density at radius 3 is 2.90 bits per heavy atom. The van der Waals surface area contributed by atoms with Crippen LogP contribution in [0.15, 0.2) is 18.2 Å². The molecule has 0 N–H and O–H groups in total. The Kier molecular flexibility index (Phi) is 5.35. The third-order valence-corrected chi connectivity index (χ3v) is 5.11. The van der Waals surface area contributed by atoms with Gasteiger partial charge in [0.25, 0.3) is 0 Å². The van der Waals surface area contributed by atoms with E-state index in [0.717, 1.165) is 5.56 Å². The first-order chi connectivity index (χ1) is 9.47. The third kappa shape index (κ3) is 3.90. The van der Waals surface area contributed by atoms with Crippen LogP contribution < -0.4 is 0 Å². The molecule has 0 bridgehead atoms. The highest BCUT2D eigenvalue weighted by Gasteiger charge is 2.30. The van der Waals surface area contributed by atoms with Crippen LogP contribution in [0.2, 0.25) is 10.0 Å². The van der Waals surface area contributed by atoms with Crippen molar-refractivity contribution in [2.75, 3.05) is 12.3 Å². The Balaban J connectivity index is 1.98. The Hall–Kier alpha value is -0.710. The van der Waals surface area contributed by atoms with Gasteiger partial charge in [-0.3, -0.25) is 9.59 Å². The fourth-order valence-corrected chi connectivity index (χ4v) is 3.30. The summed E-state index contributed by atoms with van der Waals surface area (Å²) in [6.45, 7) is 2.69. The van der Waals surface area contributed by atoms with Crippen LogP contribution >= 0.6 is 35.0 Å². The molecule has 1 amide bonds. The molecule has 1 fully saturated rings. The minimum atomic E-state index is 0.0915. The molecule has 2 rings (SSSR count). The Morgan fingerprint density at radius 2 is 2.20 bits per heavy atom. The molecule has 1 atom stereocenters. The van der Waals surface area contributed by atoms with Gasteiger partial charge < -0.3 is 4.90 Å². The van der Waals surface area contributed by atoms with E-state index in [2.05, 4.69) is 0 Å². The molecule has 1 saturated heterocycles. The van der Waals surface area contributed by atoms with Gasteiger partial charge >= 0.3 is 0 Å². The fourth-order valence-electron chi connectivity index (χ4n) is 2.23. The Labute approximate surface area is 132 Å². The van der Waals surface area contributed by atoms with Crippen LogP contribution in [0.4, 0.5) is 0 Å². The lowest BCUT2D eigenvalue weighted by molar-refractivity contribution is -0.128. The minimum absolute atomic E-state index is 0.0915. The SMILES string of the molecule is CC(=O)SCC1CC(=O)N(Cc2cccc(Cl)c2Cl)C1. The summed E-state index contributed by atoms with van der Waals surface area (Å²) < 4.78 is 0. The van der Waals surface area contributed by atoms with Crippen LogP contribution in [0, 0.1) is 5.92 Å². The number of nitrogens with zero attached hydrogens (tertiary/aromatic N) is 1. The molecule has 6 heteroatoms. The van der Waals surface area contributed by atoms with Crippen molar-refractivity contribution >= 4 is 46.0 Å². The van der Waals surface area contributed by atoms with Gasteiger partial charge in [0.2, 0.25) is 5.91 Å². The molecule has 0 aliphatic carbocycles. The summed E-state index contributed by atoms with van der Waals surface area (Å²) in [6, 6.07) is 5.43. The lowest BCUT2D eigenvalue weighted by Gasteiger charge is -2.17. The number of halogens is 2. The van der Waals surface area contributed by atoms with Crippen LogP contribution in [-0.2, 0) is 16.1 Å². The van der Waals surface area contributed by atoms with Crippen LogP contribution in [0.25, 0.3) is 0 Å². The van der Waals surface area contributed by atoms with Crippen molar-refractivity contribution in [1.29, 1.82) is 0 Å². The predicted molar refractivity (Wildman–Crippen MR) is 83.1 cm³/mol. The number of benzene rings is 1. The zero-order chi connectivity index (χ0) is 14.7. The van der Waals surface area contributed by atoms with E-state index >= 15 is 0 Å². The van der Waals surface area contributed by atoms with Gasteiger partial charge in [0, 0.05) is 32.2 Å². The molecule has 108 valence electrons. The molecule has 1 aromatic carbocycles. The number of amides is 1. The first kappa shape index (κ1) is 15.7. The third-order valence-electron chi connectivity index (χ3n) is 3.21. The lowest BCUT2D eigenvalue weighted by atomic mass is 10.1. The van der Waals surface area contributed by atoms with Crippen molar-refractivity contribution < 1.29 is 9.59 Å². The maximum atomic E-state index is 12.0. The van der Waals surface area contributed by atoms with Crippen molar-refractivity contribution in [2.45, 2.75) is 19.9 Å². The number of hydrogen-bond donors (Lipinski definition) is 0. The summed E-state index contributed by atoms with van der Waals surface area (Å²) in [5.74, 6) is 1.03. The molecule has 0 saturated carbocycles. The topological polar surface area (TPSA) is 37.4 Å². The molecule has 0 aromatic heterocycles. The van der Waals surface area contributed by atoms with E-state index in [0.29, 0.717) is 35.3 Å². The summed E-state index contributed by atoms with van der Waals surface area (Å²) in [7, 11) is 0. The molecule has 3 nitrogen and oxygen atoms in total. The highest BCUT2D eigenvalue weighted by atomic mass is 35.5. The summed E-state index contributed by atoms with van der Waals surface area (Å²) in [6.07, 6.45) is 0.498. The van der Waals surface area contributed by atoms with E-state index < -0.39 is 0 Å². The second-order valence-corrected chi connectivity index (χ2v) is 6.84. The first-order valence-corrected chi connectivity index (χ1v) is 8.05. The zero-order valence-corrected chi connectivity index (χ0v) is 13.4. The van der Waals surface area contributed by atoms with Gasteiger partial charge in [-0.2, -0.15) is 0 Å². The quantitative estimate of drug-likeness (QED) is 0.845. The number of thioether (sulfide) groups is 1. The molecular weight excluding hydrogens is 317 g/mol. The summed E-state index contributed by atoms with van der Waals surface area (Å²) in [5, 5.41) is 1.09. The minimum Gasteiger partial charge on any atom is -0.338 e. The van der Waals surface area contributed by atoms with Crippen molar-refractivity contribution in [2.24, 2.45) is 5.92 Å². The molecule has 20 heavy (non-hydrogen) atoms. The van der Waals surface area contributed by atoms with Gasteiger partial charge in [-0.05, 0) is 17.5 Å². The van der Waals surface area contributed by atoms with E-state index in [4.69, 9.17) is 23.2 Å². The van der Waals surface area contributed by atoms with Gasteiger partial charge in [-0.25, -0.2) is 0 Å². The second kappa shape index (κ2) is 6.83. The van der Waals surface area contributed by atoms with E-state index in [9.17, 15) is 9.59 Å². The lowest BCUT2D eigenvalue weighted by Crippen LogP contribution is -2.25. The van der Waals surface area contributed by atoms with Gasteiger partial charge in [0.15, 0.2) is 5.12 Å². The van der Waals surface area contributed by atoms with Gasteiger partial charge in [0.1, 0.15) is 0 Å². The number of carbonyl (C=O) groups is 2. The maximum Gasteiger partial charge on any atom is 0.223 e. The van der Waals surface area contributed by atoms with Gasteiger partial charge in [-0.15, -0.1) is 0 Å². The molecule has 1 aliphatic heterocycles. The van der Waals surface area contributed by atoms with Crippen LogP contribution in [0.1, 0.15) is 18.9 Å². The van der Waals surface area contributed by atoms with Crippen molar-refractivity contribution in [3.05, 3.63) is 33.8 Å². The molecule has 0 spiro atoms. The van der Waals surface area contributed by atoms with E-state index in [1.807, 2.05) is 12.1 Å². The van der Waals surface area contributed by atoms with Crippen molar-refractivity contribution in [1.82, 2.24) is 4.90 Å². The zero-order valence-electron chi connectivity index (χ0n) is 11.1. The number of rotatable bonds is 4. The number of hydrogen-bond acceptors (Lipinski definition) is 3. The number of carbonyl (C=O) groups excluding carboxylic acids is 2. The maximum absolute atomic E-state index is 12.0. The van der Waals surface area contributed by atoms with Crippen LogP contribution in [0.3, 0.4) is 0 Å². The average molecular weight is 332 g/mol. The summed E-state index contributed by atoms with van der Waals surface area (Å²) in [5.41, 5.74) is 0.854. The van der Waals surface area contributed by atoms with E-state index in [-0.39, 0.29) is 16.9 Å². The normalized spacial score (nSPS) is 18.6. The molecular formula is C14H15Cl2NO2S. The predicted octanol–water partition coefficient (Wildman–Crippen LogP) is 3.62. The molecule has 0 radical (unpaired) electrons. The molecule has 1 aliphatic rings. The highest BCUT2D eigenvalue weighted by Crippen LogP contribution is 2.29. The summed E-state index contributed by atoms with van der Waals surface area (Å²) >= 11 is 13.4.